The number of rotatable bonds is 5. The predicted octanol–water partition coefficient (Wildman–Crippen LogP) is -0.0956. The molecule has 0 radical (unpaired) electrons. The molecule has 0 bridgehead atoms. The second-order valence-corrected chi connectivity index (χ2v) is 5.39. The van der Waals surface area contributed by atoms with Crippen LogP contribution < -0.4 is 5.73 Å². The first kappa shape index (κ1) is 14.4. The lowest BCUT2D eigenvalue weighted by molar-refractivity contribution is -0.133. The maximum absolute atomic E-state index is 11.8. The van der Waals surface area contributed by atoms with Crippen molar-refractivity contribution in [2.45, 2.75) is 25.8 Å². The molecule has 0 unspecified atom stereocenters. The maximum atomic E-state index is 11.8. The molecule has 100 valence electrons. The van der Waals surface area contributed by atoms with Crippen LogP contribution in [0.1, 0.15) is 20.3 Å². The summed E-state index contributed by atoms with van der Waals surface area (Å²) in [5.74, 6) is 0.193. The van der Waals surface area contributed by atoms with Crippen LogP contribution in [-0.2, 0) is 9.53 Å². The van der Waals surface area contributed by atoms with Crippen molar-refractivity contribution in [1.82, 2.24) is 9.80 Å². The van der Waals surface area contributed by atoms with E-state index < -0.39 is 0 Å². The van der Waals surface area contributed by atoms with Gasteiger partial charge < -0.3 is 15.4 Å². The van der Waals surface area contributed by atoms with Crippen molar-refractivity contribution in [2.75, 3.05) is 46.4 Å². The van der Waals surface area contributed by atoms with Gasteiger partial charge in [0.05, 0.1) is 13.0 Å². The number of hydrogen-bond acceptors (Lipinski definition) is 4. The second-order valence-electron chi connectivity index (χ2n) is 5.39. The molecular weight excluding hydrogens is 218 g/mol. The molecule has 2 N–H and O–H groups in total. The predicted molar refractivity (Wildman–Crippen MR) is 67.8 cm³/mol. The van der Waals surface area contributed by atoms with Crippen molar-refractivity contribution in [2.24, 2.45) is 5.73 Å². The summed E-state index contributed by atoms with van der Waals surface area (Å²) >= 11 is 0. The third kappa shape index (κ3) is 5.48. The van der Waals surface area contributed by atoms with Gasteiger partial charge in [-0.1, -0.05) is 0 Å². The van der Waals surface area contributed by atoms with Crippen LogP contribution >= 0.6 is 0 Å². The van der Waals surface area contributed by atoms with Gasteiger partial charge >= 0.3 is 0 Å². The highest BCUT2D eigenvalue weighted by molar-refractivity contribution is 5.76. The highest BCUT2D eigenvalue weighted by atomic mass is 16.5. The fourth-order valence-electron chi connectivity index (χ4n) is 2.08. The van der Waals surface area contributed by atoms with Gasteiger partial charge in [0.2, 0.25) is 5.91 Å². The van der Waals surface area contributed by atoms with Crippen LogP contribution in [-0.4, -0.2) is 67.7 Å². The van der Waals surface area contributed by atoms with Crippen LogP contribution in [0.2, 0.25) is 0 Å². The van der Waals surface area contributed by atoms with Gasteiger partial charge in [0.25, 0.3) is 0 Å². The summed E-state index contributed by atoms with van der Waals surface area (Å²) < 4.78 is 4.92. The molecule has 0 saturated carbocycles. The summed E-state index contributed by atoms with van der Waals surface area (Å²) in [7, 11) is 1.62. The van der Waals surface area contributed by atoms with E-state index in [9.17, 15) is 4.79 Å². The third-order valence-corrected chi connectivity index (χ3v) is 2.88. The van der Waals surface area contributed by atoms with Crippen molar-refractivity contribution in [1.29, 1.82) is 0 Å². The molecule has 0 atom stereocenters. The first-order valence-corrected chi connectivity index (χ1v) is 6.20. The quantitative estimate of drug-likeness (QED) is 0.733. The van der Waals surface area contributed by atoms with E-state index in [4.69, 9.17) is 10.5 Å². The maximum Gasteiger partial charge on any atom is 0.224 e. The standard InChI is InChI=1S/C12H25N3O2/c1-12(2,13)10-14-5-7-15(8-6-14)11(16)4-9-17-3/h4-10,13H2,1-3H3. The van der Waals surface area contributed by atoms with E-state index in [0.29, 0.717) is 13.0 Å². The van der Waals surface area contributed by atoms with E-state index >= 15 is 0 Å². The van der Waals surface area contributed by atoms with E-state index in [1.165, 1.54) is 0 Å². The van der Waals surface area contributed by atoms with Gasteiger partial charge in [-0.05, 0) is 13.8 Å². The molecule has 1 amide bonds. The molecule has 0 aromatic rings. The van der Waals surface area contributed by atoms with Gasteiger partial charge in [-0.15, -0.1) is 0 Å². The summed E-state index contributed by atoms with van der Waals surface area (Å²) in [6, 6.07) is 0. The third-order valence-electron chi connectivity index (χ3n) is 2.88. The van der Waals surface area contributed by atoms with Gasteiger partial charge in [0, 0.05) is 45.4 Å². The first-order chi connectivity index (χ1) is 7.92. The first-order valence-electron chi connectivity index (χ1n) is 6.20. The zero-order valence-corrected chi connectivity index (χ0v) is 11.2. The molecule has 17 heavy (non-hydrogen) atoms. The number of hydrogen-bond donors (Lipinski definition) is 1. The summed E-state index contributed by atoms with van der Waals surface area (Å²) in [6.45, 7) is 8.89. The normalized spacial score (nSPS) is 18.5. The molecular formula is C12H25N3O2. The molecule has 5 heteroatoms. The Kier molecular flexibility index (Phi) is 5.36. The van der Waals surface area contributed by atoms with Gasteiger partial charge in [0.15, 0.2) is 0 Å². The van der Waals surface area contributed by atoms with Crippen molar-refractivity contribution in [3.8, 4) is 0 Å². The van der Waals surface area contributed by atoms with E-state index in [-0.39, 0.29) is 11.4 Å². The Balaban J connectivity index is 2.28. The molecule has 0 spiro atoms. The zero-order valence-electron chi connectivity index (χ0n) is 11.2. The lowest BCUT2D eigenvalue weighted by atomic mass is 10.1. The second kappa shape index (κ2) is 6.33. The smallest absolute Gasteiger partial charge is 0.224 e. The van der Waals surface area contributed by atoms with Crippen LogP contribution in [0.3, 0.4) is 0 Å². The number of nitrogens with two attached hydrogens (primary N) is 1. The highest BCUT2D eigenvalue weighted by Crippen LogP contribution is 2.07. The Morgan fingerprint density at radius 1 is 1.29 bits per heavy atom. The largest absolute Gasteiger partial charge is 0.384 e. The lowest BCUT2D eigenvalue weighted by Gasteiger charge is -2.37. The summed E-state index contributed by atoms with van der Waals surface area (Å²) in [5, 5.41) is 0. The molecule has 0 aromatic heterocycles. The lowest BCUT2D eigenvalue weighted by Crippen LogP contribution is -2.54. The summed E-state index contributed by atoms with van der Waals surface area (Å²) in [6.07, 6.45) is 0.485. The van der Waals surface area contributed by atoms with Gasteiger partial charge in [0.1, 0.15) is 0 Å². The van der Waals surface area contributed by atoms with E-state index in [2.05, 4.69) is 4.90 Å². The Morgan fingerprint density at radius 3 is 2.35 bits per heavy atom. The number of methoxy groups -OCH3 is 1. The molecule has 1 saturated heterocycles. The van der Waals surface area contributed by atoms with Gasteiger partial charge in [-0.3, -0.25) is 9.69 Å². The van der Waals surface area contributed by atoms with Crippen molar-refractivity contribution in [3.05, 3.63) is 0 Å². The fourth-order valence-corrected chi connectivity index (χ4v) is 2.08. The molecule has 0 aromatic carbocycles. The highest BCUT2D eigenvalue weighted by Gasteiger charge is 2.23. The Labute approximate surface area is 104 Å². The number of nitrogens with zero attached hydrogens (tertiary/aromatic N) is 2. The molecule has 1 rings (SSSR count). The fraction of sp³-hybridized carbons (Fsp3) is 0.917. The number of carbonyl (C=O) groups excluding carboxylic acids is 1. The van der Waals surface area contributed by atoms with Gasteiger partial charge in [-0.25, -0.2) is 0 Å². The zero-order chi connectivity index (χ0) is 12.9. The minimum atomic E-state index is -0.164. The van der Waals surface area contributed by atoms with Crippen LogP contribution in [0.15, 0.2) is 0 Å². The summed E-state index contributed by atoms with van der Waals surface area (Å²) in [5.41, 5.74) is 5.82. The van der Waals surface area contributed by atoms with Crippen molar-refractivity contribution in [3.63, 3.8) is 0 Å². The van der Waals surface area contributed by atoms with Crippen LogP contribution in [0.4, 0.5) is 0 Å². The Bertz CT molecular complexity index is 243. The topological polar surface area (TPSA) is 58.8 Å². The minimum absolute atomic E-state index is 0.164. The molecule has 5 nitrogen and oxygen atoms in total. The molecule has 1 aliphatic heterocycles. The molecule has 0 aliphatic carbocycles. The van der Waals surface area contributed by atoms with Crippen LogP contribution in [0, 0.1) is 0 Å². The Morgan fingerprint density at radius 2 is 1.88 bits per heavy atom. The summed E-state index contributed by atoms with van der Waals surface area (Å²) in [4.78, 5) is 16.0. The van der Waals surface area contributed by atoms with E-state index in [1.54, 1.807) is 7.11 Å². The van der Waals surface area contributed by atoms with Crippen molar-refractivity contribution < 1.29 is 9.53 Å². The minimum Gasteiger partial charge on any atom is -0.384 e. The van der Waals surface area contributed by atoms with Crippen LogP contribution in [0.5, 0.6) is 0 Å². The molecule has 1 aliphatic rings. The van der Waals surface area contributed by atoms with E-state index in [1.807, 2.05) is 18.7 Å². The van der Waals surface area contributed by atoms with Crippen LogP contribution in [0.25, 0.3) is 0 Å². The Hall–Kier alpha value is -0.650. The number of carbonyl (C=O) groups is 1. The SMILES string of the molecule is COCCC(=O)N1CCN(CC(C)(C)N)CC1. The van der Waals surface area contributed by atoms with Crippen molar-refractivity contribution >= 4 is 5.91 Å². The number of amides is 1. The average Bonchev–Trinajstić information content (AvgIpc) is 2.24. The number of ether oxygens (including phenoxy) is 1. The van der Waals surface area contributed by atoms with E-state index in [0.717, 1.165) is 32.7 Å². The average molecular weight is 243 g/mol. The number of piperazine rings is 1. The molecule has 1 heterocycles. The molecule has 1 fully saturated rings. The van der Waals surface area contributed by atoms with Gasteiger partial charge in [-0.2, -0.15) is 0 Å². The monoisotopic (exact) mass is 243 g/mol.